The van der Waals surface area contributed by atoms with Crippen molar-refractivity contribution in [3.8, 4) is 0 Å². The molecule has 6 nitrogen and oxygen atoms in total. The van der Waals surface area contributed by atoms with E-state index in [2.05, 4.69) is 41.8 Å². The normalized spacial score (nSPS) is 11.1. The minimum absolute atomic E-state index is 0.587. The quantitative estimate of drug-likeness (QED) is 0.607. The summed E-state index contributed by atoms with van der Waals surface area (Å²) in [4.78, 5) is 4.62. The van der Waals surface area contributed by atoms with Crippen LogP contribution in [0.4, 0.5) is 11.5 Å². The molecule has 0 aliphatic heterocycles. The average Bonchev–Trinajstić information content (AvgIpc) is 3.00. The van der Waals surface area contributed by atoms with E-state index in [9.17, 15) is 0 Å². The number of halogens is 1. The highest BCUT2D eigenvalue weighted by Gasteiger charge is 2.12. The third-order valence-corrected chi connectivity index (χ3v) is 3.84. The number of aromatic nitrogens is 5. The number of benzene rings is 2. The van der Waals surface area contributed by atoms with Crippen LogP contribution in [0, 0.1) is 0 Å². The summed E-state index contributed by atoms with van der Waals surface area (Å²) in [7, 11) is 0. The first-order chi connectivity index (χ1) is 10.3. The van der Waals surface area contributed by atoms with E-state index in [1.807, 2.05) is 48.5 Å². The third kappa shape index (κ3) is 2.02. The summed E-state index contributed by atoms with van der Waals surface area (Å²) in [6, 6.07) is 15.6. The van der Waals surface area contributed by atoms with Gasteiger partial charge in [-0.1, -0.05) is 24.3 Å². The molecule has 4 aromatic rings. The van der Waals surface area contributed by atoms with Gasteiger partial charge < -0.3 is 5.32 Å². The van der Waals surface area contributed by atoms with Crippen molar-refractivity contribution in [2.75, 3.05) is 5.32 Å². The Balaban J connectivity index is 1.95. The molecular weight excluding hydrogens is 332 g/mol. The van der Waals surface area contributed by atoms with Gasteiger partial charge in [-0.25, -0.2) is 4.98 Å². The zero-order chi connectivity index (χ0) is 14.2. The summed E-state index contributed by atoms with van der Waals surface area (Å²) >= 11 is 3.51. The molecule has 0 aliphatic rings. The smallest absolute Gasteiger partial charge is 0.222 e. The number of para-hydroxylation sites is 3. The van der Waals surface area contributed by atoms with Gasteiger partial charge in [0.15, 0.2) is 5.82 Å². The standard InChI is InChI=1S/C14H9BrN6/c15-9-5-1-2-6-10(9)16-13-14-18-19-20-21(14)12-8-4-3-7-11(12)17-13/h1-8H,(H,16,17). The van der Waals surface area contributed by atoms with Gasteiger partial charge in [-0.05, 0) is 50.6 Å². The molecule has 2 aromatic heterocycles. The second-order valence-electron chi connectivity index (χ2n) is 4.47. The fourth-order valence-corrected chi connectivity index (χ4v) is 2.56. The van der Waals surface area contributed by atoms with Crippen molar-refractivity contribution in [1.29, 1.82) is 0 Å². The van der Waals surface area contributed by atoms with Gasteiger partial charge in [-0.3, -0.25) is 0 Å². The second-order valence-corrected chi connectivity index (χ2v) is 5.32. The van der Waals surface area contributed by atoms with Gasteiger partial charge in [0.2, 0.25) is 5.65 Å². The maximum atomic E-state index is 4.62. The molecule has 0 saturated heterocycles. The van der Waals surface area contributed by atoms with E-state index in [4.69, 9.17) is 0 Å². The molecule has 0 aliphatic carbocycles. The van der Waals surface area contributed by atoms with Crippen LogP contribution in [0.1, 0.15) is 0 Å². The van der Waals surface area contributed by atoms with Crippen LogP contribution in [-0.2, 0) is 0 Å². The van der Waals surface area contributed by atoms with Crippen LogP contribution in [-0.4, -0.2) is 25.0 Å². The highest BCUT2D eigenvalue weighted by Crippen LogP contribution is 2.27. The van der Waals surface area contributed by atoms with Gasteiger partial charge in [0.1, 0.15) is 0 Å². The number of hydrogen-bond donors (Lipinski definition) is 1. The van der Waals surface area contributed by atoms with E-state index in [1.165, 1.54) is 0 Å². The number of nitrogens with zero attached hydrogens (tertiary/aromatic N) is 5. The molecule has 0 amide bonds. The Kier molecular flexibility index (Phi) is 2.78. The van der Waals surface area contributed by atoms with Crippen LogP contribution in [0.5, 0.6) is 0 Å². The largest absolute Gasteiger partial charge is 0.336 e. The molecule has 1 N–H and O–H groups in total. The van der Waals surface area contributed by atoms with Crippen molar-refractivity contribution in [2.24, 2.45) is 0 Å². The SMILES string of the molecule is Brc1ccccc1Nc1nc2ccccc2n2nnnc12. The Bertz CT molecular complexity index is 948. The lowest BCUT2D eigenvalue weighted by Gasteiger charge is -2.09. The minimum Gasteiger partial charge on any atom is -0.336 e. The van der Waals surface area contributed by atoms with Gasteiger partial charge in [-0.2, -0.15) is 4.52 Å². The van der Waals surface area contributed by atoms with E-state index in [-0.39, 0.29) is 0 Å². The van der Waals surface area contributed by atoms with E-state index in [1.54, 1.807) is 4.52 Å². The Morgan fingerprint density at radius 2 is 1.81 bits per heavy atom. The predicted octanol–water partition coefficient (Wildman–Crippen LogP) is 3.18. The summed E-state index contributed by atoms with van der Waals surface area (Å²) in [5.41, 5.74) is 3.19. The van der Waals surface area contributed by atoms with Crippen molar-refractivity contribution in [2.45, 2.75) is 0 Å². The van der Waals surface area contributed by atoms with Gasteiger partial charge in [0.05, 0.1) is 16.7 Å². The summed E-state index contributed by atoms with van der Waals surface area (Å²) in [6.07, 6.45) is 0. The maximum absolute atomic E-state index is 4.62. The van der Waals surface area contributed by atoms with E-state index in [0.29, 0.717) is 11.5 Å². The lowest BCUT2D eigenvalue weighted by molar-refractivity contribution is 0.841. The Hall–Kier alpha value is -2.54. The summed E-state index contributed by atoms with van der Waals surface area (Å²) in [5, 5.41) is 15.1. The molecule has 0 bridgehead atoms. The molecular formula is C14H9BrN6. The summed E-state index contributed by atoms with van der Waals surface area (Å²) in [5.74, 6) is 0.616. The highest BCUT2D eigenvalue weighted by atomic mass is 79.9. The molecule has 2 heterocycles. The molecule has 0 fully saturated rings. The highest BCUT2D eigenvalue weighted by molar-refractivity contribution is 9.10. The van der Waals surface area contributed by atoms with Crippen LogP contribution in [0.3, 0.4) is 0 Å². The van der Waals surface area contributed by atoms with Crippen LogP contribution in [0.2, 0.25) is 0 Å². The van der Waals surface area contributed by atoms with Crippen molar-refractivity contribution < 1.29 is 0 Å². The molecule has 0 atom stereocenters. The second kappa shape index (κ2) is 4.78. The van der Waals surface area contributed by atoms with Gasteiger partial charge in [0, 0.05) is 4.47 Å². The number of rotatable bonds is 2. The summed E-state index contributed by atoms with van der Waals surface area (Å²) in [6.45, 7) is 0. The fraction of sp³-hybridized carbons (Fsp3) is 0. The molecule has 21 heavy (non-hydrogen) atoms. The van der Waals surface area contributed by atoms with Crippen molar-refractivity contribution in [3.05, 3.63) is 53.0 Å². The first-order valence-corrected chi connectivity index (χ1v) is 7.10. The van der Waals surface area contributed by atoms with Crippen LogP contribution < -0.4 is 5.32 Å². The number of tetrazole rings is 1. The molecule has 2 aromatic carbocycles. The third-order valence-electron chi connectivity index (χ3n) is 3.15. The molecule has 0 radical (unpaired) electrons. The number of nitrogens with one attached hydrogen (secondary N) is 1. The topological polar surface area (TPSA) is 68.0 Å². The van der Waals surface area contributed by atoms with E-state index in [0.717, 1.165) is 21.2 Å². The van der Waals surface area contributed by atoms with Crippen LogP contribution >= 0.6 is 15.9 Å². The van der Waals surface area contributed by atoms with Gasteiger partial charge >= 0.3 is 0 Å². The van der Waals surface area contributed by atoms with E-state index < -0.39 is 0 Å². The van der Waals surface area contributed by atoms with Crippen molar-refractivity contribution in [1.82, 2.24) is 25.0 Å². The number of anilines is 2. The monoisotopic (exact) mass is 340 g/mol. The van der Waals surface area contributed by atoms with Crippen LogP contribution in [0.25, 0.3) is 16.7 Å². The lowest BCUT2D eigenvalue weighted by Crippen LogP contribution is -2.01. The molecule has 7 heteroatoms. The average molecular weight is 341 g/mol. The molecule has 0 unspecified atom stereocenters. The number of fused-ring (bicyclic) bond motifs is 3. The minimum atomic E-state index is 0.587. The van der Waals surface area contributed by atoms with Gasteiger partial charge in [0.25, 0.3) is 0 Å². The van der Waals surface area contributed by atoms with E-state index >= 15 is 0 Å². The fourth-order valence-electron chi connectivity index (χ4n) is 2.18. The van der Waals surface area contributed by atoms with Gasteiger partial charge in [-0.15, -0.1) is 5.10 Å². The number of hydrogen-bond acceptors (Lipinski definition) is 5. The Labute approximate surface area is 127 Å². The Morgan fingerprint density at radius 1 is 1.00 bits per heavy atom. The van der Waals surface area contributed by atoms with Crippen LogP contribution in [0.15, 0.2) is 53.0 Å². The molecule has 102 valence electrons. The molecule has 4 rings (SSSR count). The molecule has 0 spiro atoms. The van der Waals surface area contributed by atoms with Crippen molar-refractivity contribution in [3.63, 3.8) is 0 Å². The first-order valence-electron chi connectivity index (χ1n) is 6.31. The molecule has 0 saturated carbocycles. The maximum Gasteiger partial charge on any atom is 0.222 e. The zero-order valence-electron chi connectivity index (χ0n) is 10.7. The lowest BCUT2D eigenvalue weighted by atomic mass is 10.3. The van der Waals surface area contributed by atoms with Crippen molar-refractivity contribution >= 4 is 44.1 Å². The first kappa shape index (κ1) is 12.2. The zero-order valence-corrected chi connectivity index (χ0v) is 12.3. The predicted molar refractivity (Wildman–Crippen MR) is 83.5 cm³/mol. The Morgan fingerprint density at radius 3 is 2.71 bits per heavy atom. The summed E-state index contributed by atoms with van der Waals surface area (Å²) < 4.78 is 2.63.